The number of aromatic nitrogens is 2. The highest BCUT2D eigenvalue weighted by Crippen LogP contribution is 2.11. The summed E-state index contributed by atoms with van der Waals surface area (Å²) >= 11 is 0. The summed E-state index contributed by atoms with van der Waals surface area (Å²) in [5.74, 6) is 0. The number of nitrogens with zero attached hydrogens (tertiary/aromatic N) is 2. The van der Waals surface area contributed by atoms with Gasteiger partial charge in [-0.25, -0.2) is 4.79 Å². The minimum Gasteiger partial charge on any atom is -0.444 e. The average molecular weight is 282 g/mol. The van der Waals surface area contributed by atoms with E-state index in [1.54, 1.807) is 11.1 Å². The van der Waals surface area contributed by atoms with Crippen LogP contribution >= 0.6 is 0 Å². The van der Waals surface area contributed by atoms with Gasteiger partial charge in [0.1, 0.15) is 5.60 Å². The molecule has 0 aliphatic rings. The summed E-state index contributed by atoms with van der Waals surface area (Å²) in [6.07, 6.45) is 1.45. The van der Waals surface area contributed by atoms with Gasteiger partial charge in [-0.2, -0.15) is 5.10 Å². The van der Waals surface area contributed by atoms with E-state index in [0.29, 0.717) is 19.6 Å². The molecular formula is C14H26N4O2. The van der Waals surface area contributed by atoms with Crippen molar-refractivity contribution < 1.29 is 9.53 Å². The Labute approximate surface area is 120 Å². The Morgan fingerprint density at radius 2 is 2.20 bits per heavy atom. The van der Waals surface area contributed by atoms with Crippen molar-refractivity contribution in [1.29, 1.82) is 0 Å². The number of ether oxygens (including phenoxy) is 1. The van der Waals surface area contributed by atoms with Crippen molar-refractivity contribution >= 4 is 6.09 Å². The molecule has 1 rings (SSSR count). The van der Waals surface area contributed by atoms with Crippen LogP contribution in [0.1, 0.15) is 40.3 Å². The highest BCUT2D eigenvalue weighted by molar-refractivity contribution is 5.68. The zero-order valence-corrected chi connectivity index (χ0v) is 13.1. The summed E-state index contributed by atoms with van der Waals surface area (Å²) in [5.41, 5.74) is 0.562. The number of hydrogen-bond donors (Lipinski definition) is 2. The van der Waals surface area contributed by atoms with Crippen LogP contribution in [0.4, 0.5) is 4.79 Å². The molecule has 0 aromatic carbocycles. The van der Waals surface area contributed by atoms with E-state index in [1.165, 1.54) is 0 Å². The molecule has 114 valence electrons. The molecule has 20 heavy (non-hydrogen) atoms. The third-order valence-electron chi connectivity index (χ3n) is 2.65. The first-order valence-corrected chi connectivity index (χ1v) is 6.98. The molecule has 0 aliphatic carbocycles. The van der Waals surface area contributed by atoms with Crippen LogP contribution in [0, 0.1) is 0 Å². The van der Waals surface area contributed by atoms with Gasteiger partial charge >= 0.3 is 6.09 Å². The minimum atomic E-state index is -0.465. The van der Waals surface area contributed by atoms with Gasteiger partial charge in [-0.3, -0.25) is 5.10 Å². The van der Waals surface area contributed by atoms with E-state index in [2.05, 4.69) is 15.5 Å². The van der Waals surface area contributed by atoms with E-state index in [0.717, 1.165) is 5.69 Å². The van der Waals surface area contributed by atoms with Crippen molar-refractivity contribution in [3.05, 3.63) is 18.0 Å². The van der Waals surface area contributed by atoms with Gasteiger partial charge in [-0.1, -0.05) is 0 Å². The van der Waals surface area contributed by atoms with Crippen molar-refractivity contribution in [3.63, 3.8) is 0 Å². The van der Waals surface area contributed by atoms with E-state index in [-0.39, 0.29) is 12.1 Å². The second-order valence-electron chi connectivity index (χ2n) is 6.03. The normalized spacial score (nSPS) is 11.7. The van der Waals surface area contributed by atoms with Crippen LogP contribution in [0.2, 0.25) is 0 Å². The number of nitrogens with one attached hydrogen (secondary N) is 2. The molecule has 0 saturated heterocycles. The Morgan fingerprint density at radius 3 is 2.70 bits per heavy atom. The predicted octanol–water partition coefficient (Wildman–Crippen LogP) is 2.14. The predicted molar refractivity (Wildman–Crippen MR) is 78.4 cm³/mol. The van der Waals surface area contributed by atoms with E-state index >= 15 is 0 Å². The summed E-state index contributed by atoms with van der Waals surface area (Å²) < 4.78 is 5.41. The zero-order chi connectivity index (χ0) is 15.2. The fourth-order valence-electron chi connectivity index (χ4n) is 1.69. The van der Waals surface area contributed by atoms with E-state index in [1.807, 2.05) is 40.7 Å². The molecule has 0 aliphatic heterocycles. The average Bonchev–Trinajstić information content (AvgIpc) is 2.78. The number of amides is 1. The Kier molecular flexibility index (Phi) is 6.01. The van der Waals surface area contributed by atoms with Gasteiger partial charge in [0.25, 0.3) is 0 Å². The molecule has 0 atom stereocenters. The highest BCUT2D eigenvalue weighted by atomic mass is 16.6. The molecule has 6 heteroatoms. The number of H-pyrrole nitrogens is 1. The van der Waals surface area contributed by atoms with Gasteiger partial charge < -0.3 is 15.0 Å². The van der Waals surface area contributed by atoms with Gasteiger partial charge in [0.05, 0.1) is 0 Å². The second-order valence-corrected chi connectivity index (χ2v) is 6.03. The molecular weight excluding hydrogens is 256 g/mol. The quantitative estimate of drug-likeness (QED) is 0.784. The van der Waals surface area contributed by atoms with Crippen molar-refractivity contribution in [1.82, 2.24) is 20.4 Å². The van der Waals surface area contributed by atoms with E-state index in [9.17, 15) is 4.79 Å². The lowest BCUT2D eigenvalue weighted by atomic mass is 10.2. The lowest BCUT2D eigenvalue weighted by Gasteiger charge is -2.30. The maximum Gasteiger partial charge on any atom is 0.410 e. The summed E-state index contributed by atoms with van der Waals surface area (Å²) in [4.78, 5) is 13.8. The summed E-state index contributed by atoms with van der Waals surface area (Å²) in [7, 11) is 0. The van der Waals surface area contributed by atoms with Crippen LogP contribution in [0.25, 0.3) is 0 Å². The van der Waals surface area contributed by atoms with Crippen LogP contribution in [-0.2, 0) is 11.3 Å². The van der Waals surface area contributed by atoms with E-state index in [4.69, 9.17) is 4.74 Å². The van der Waals surface area contributed by atoms with Crippen LogP contribution < -0.4 is 5.32 Å². The van der Waals surface area contributed by atoms with Crippen molar-refractivity contribution in [2.75, 3.05) is 13.1 Å². The number of carbonyl (C=O) groups excluding carboxylic acids is 1. The third kappa shape index (κ3) is 6.06. The lowest BCUT2D eigenvalue weighted by Crippen LogP contribution is -2.44. The molecule has 1 aromatic rings. The zero-order valence-electron chi connectivity index (χ0n) is 13.1. The van der Waals surface area contributed by atoms with Gasteiger partial charge in [-0.05, 0) is 40.7 Å². The van der Waals surface area contributed by atoms with Gasteiger partial charge in [0.2, 0.25) is 0 Å². The van der Waals surface area contributed by atoms with Crippen LogP contribution in [0.3, 0.4) is 0 Å². The van der Waals surface area contributed by atoms with Crippen molar-refractivity contribution in [3.8, 4) is 0 Å². The van der Waals surface area contributed by atoms with Crippen LogP contribution in [0.15, 0.2) is 12.3 Å². The molecule has 2 N–H and O–H groups in total. The Morgan fingerprint density at radius 1 is 1.50 bits per heavy atom. The lowest BCUT2D eigenvalue weighted by molar-refractivity contribution is 0.0193. The van der Waals surface area contributed by atoms with Crippen LogP contribution in [0.5, 0.6) is 0 Å². The number of carbonyl (C=O) groups is 1. The van der Waals surface area contributed by atoms with Gasteiger partial charge in [0, 0.05) is 37.6 Å². The third-order valence-corrected chi connectivity index (χ3v) is 2.65. The van der Waals surface area contributed by atoms with E-state index < -0.39 is 5.60 Å². The first kappa shape index (κ1) is 16.5. The summed E-state index contributed by atoms with van der Waals surface area (Å²) in [5, 5.41) is 10.0. The maximum absolute atomic E-state index is 12.1. The van der Waals surface area contributed by atoms with Gasteiger partial charge in [-0.15, -0.1) is 0 Å². The first-order chi connectivity index (χ1) is 9.29. The standard InChI is InChI=1S/C14H26N4O2/c1-11(2)18(13(19)20-14(3,4)5)9-8-15-10-12-6-7-16-17-12/h6-7,11,15H,8-10H2,1-5H3,(H,16,17). The molecule has 1 aromatic heterocycles. The largest absolute Gasteiger partial charge is 0.444 e. The SMILES string of the molecule is CC(C)N(CCNCc1ccn[nH]1)C(=O)OC(C)(C)C. The van der Waals surface area contributed by atoms with Crippen molar-refractivity contribution in [2.45, 2.75) is 52.8 Å². The fourth-order valence-corrected chi connectivity index (χ4v) is 1.69. The number of rotatable bonds is 6. The Balaban J connectivity index is 2.37. The number of aromatic amines is 1. The second kappa shape index (κ2) is 7.28. The molecule has 0 unspecified atom stereocenters. The van der Waals surface area contributed by atoms with Crippen molar-refractivity contribution in [2.24, 2.45) is 0 Å². The highest BCUT2D eigenvalue weighted by Gasteiger charge is 2.23. The molecule has 0 radical (unpaired) electrons. The topological polar surface area (TPSA) is 70.2 Å². The summed E-state index contributed by atoms with van der Waals surface area (Å²) in [6.45, 7) is 11.6. The maximum atomic E-state index is 12.1. The Bertz CT molecular complexity index is 396. The summed E-state index contributed by atoms with van der Waals surface area (Å²) in [6, 6.07) is 2.03. The molecule has 0 spiro atoms. The molecule has 0 fully saturated rings. The Hall–Kier alpha value is -1.56. The minimum absolute atomic E-state index is 0.110. The molecule has 1 heterocycles. The molecule has 1 amide bonds. The monoisotopic (exact) mass is 282 g/mol. The molecule has 6 nitrogen and oxygen atoms in total. The van der Waals surface area contributed by atoms with Gasteiger partial charge in [0.15, 0.2) is 0 Å². The first-order valence-electron chi connectivity index (χ1n) is 6.98. The fraction of sp³-hybridized carbons (Fsp3) is 0.714. The molecule has 0 saturated carbocycles. The molecule has 0 bridgehead atoms. The number of hydrogen-bond acceptors (Lipinski definition) is 4. The van der Waals surface area contributed by atoms with Crippen LogP contribution in [-0.4, -0.2) is 45.9 Å². The smallest absolute Gasteiger partial charge is 0.410 e.